The highest BCUT2D eigenvalue weighted by molar-refractivity contribution is 7.91. The van der Waals surface area contributed by atoms with Gasteiger partial charge in [-0.2, -0.15) is 0 Å². The molecule has 2 aliphatic heterocycles. The predicted molar refractivity (Wildman–Crippen MR) is 77.3 cm³/mol. The van der Waals surface area contributed by atoms with Crippen molar-refractivity contribution in [1.29, 1.82) is 0 Å². The lowest BCUT2D eigenvalue weighted by molar-refractivity contribution is 0.600. The van der Waals surface area contributed by atoms with E-state index in [2.05, 4.69) is 28.4 Å². The second-order valence-electron chi connectivity index (χ2n) is 5.51. The Bertz CT molecular complexity index is 583. The smallest absolute Gasteiger partial charge is 0.152 e. The van der Waals surface area contributed by atoms with E-state index in [1.54, 1.807) is 0 Å². The van der Waals surface area contributed by atoms with Gasteiger partial charge in [0, 0.05) is 25.3 Å². The molecule has 0 bridgehead atoms. The zero-order chi connectivity index (χ0) is 13.5. The Morgan fingerprint density at radius 1 is 1.37 bits per heavy atom. The zero-order valence-corrected chi connectivity index (χ0v) is 12.0. The van der Waals surface area contributed by atoms with Gasteiger partial charge in [-0.05, 0) is 36.6 Å². The minimum Gasteiger partial charge on any atom is -0.370 e. The molecule has 2 heterocycles. The molecular weight excluding hydrogens is 260 g/mol. The van der Waals surface area contributed by atoms with Gasteiger partial charge in [-0.3, -0.25) is 0 Å². The number of benzene rings is 1. The van der Waals surface area contributed by atoms with Crippen LogP contribution in [0.15, 0.2) is 18.2 Å². The Balaban J connectivity index is 1.90. The second kappa shape index (κ2) is 4.80. The number of fused-ring (bicyclic) bond motifs is 1. The normalized spacial score (nSPS) is 25.0. The van der Waals surface area contributed by atoms with Gasteiger partial charge in [-0.1, -0.05) is 12.1 Å². The summed E-state index contributed by atoms with van der Waals surface area (Å²) in [6.45, 7) is 1.91. The molecule has 1 aromatic carbocycles. The van der Waals surface area contributed by atoms with Crippen LogP contribution in [0.25, 0.3) is 0 Å². The highest BCUT2D eigenvalue weighted by Gasteiger charge is 2.31. The van der Waals surface area contributed by atoms with E-state index in [0.29, 0.717) is 11.5 Å². The summed E-state index contributed by atoms with van der Waals surface area (Å²) in [4.78, 5) is 2.16. The maximum Gasteiger partial charge on any atom is 0.152 e. The number of hydrogen-bond acceptors (Lipinski definition) is 4. The highest BCUT2D eigenvalue weighted by atomic mass is 32.2. The van der Waals surface area contributed by atoms with E-state index >= 15 is 0 Å². The van der Waals surface area contributed by atoms with Gasteiger partial charge >= 0.3 is 0 Å². The Hall–Kier alpha value is -1.07. The van der Waals surface area contributed by atoms with Crippen LogP contribution < -0.4 is 10.2 Å². The molecule has 1 unspecified atom stereocenters. The molecule has 0 aliphatic carbocycles. The maximum absolute atomic E-state index is 11.6. The van der Waals surface area contributed by atoms with E-state index in [4.69, 9.17) is 0 Å². The molecular formula is C14H20N2O2S. The summed E-state index contributed by atoms with van der Waals surface area (Å²) in [5.74, 6) is 0.621. The molecule has 1 saturated heterocycles. The van der Waals surface area contributed by atoms with Crippen molar-refractivity contribution in [3.05, 3.63) is 29.3 Å². The largest absolute Gasteiger partial charge is 0.370 e. The molecule has 1 fully saturated rings. The maximum atomic E-state index is 11.6. The summed E-state index contributed by atoms with van der Waals surface area (Å²) in [5, 5.41) is 3.40. The zero-order valence-electron chi connectivity index (χ0n) is 11.2. The molecule has 2 aliphatic rings. The second-order valence-corrected chi connectivity index (χ2v) is 7.74. The fraction of sp³-hybridized carbons (Fsp3) is 0.571. The third kappa shape index (κ3) is 2.49. The van der Waals surface area contributed by atoms with E-state index in [1.807, 2.05) is 7.05 Å². The van der Waals surface area contributed by atoms with Crippen LogP contribution in [0.2, 0.25) is 0 Å². The van der Waals surface area contributed by atoms with Crippen LogP contribution in [0, 0.1) is 0 Å². The number of hydrogen-bond donors (Lipinski definition) is 1. The first kappa shape index (κ1) is 12.9. The molecule has 4 nitrogen and oxygen atoms in total. The lowest BCUT2D eigenvalue weighted by atomic mass is 9.98. The van der Waals surface area contributed by atoms with Gasteiger partial charge in [-0.15, -0.1) is 0 Å². The van der Waals surface area contributed by atoms with Crippen molar-refractivity contribution in [2.75, 3.05) is 30.0 Å². The van der Waals surface area contributed by atoms with Crippen molar-refractivity contribution >= 4 is 15.5 Å². The van der Waals surface area contributed by atoms with Crippen molar-refractivity contribution in [2.45, 2.75) is 25.4 Å². The SMILES string of the molecule is CN(c1cccc2c1CNCC2)C1CCS(=O)(=O)C1. The predicted octanol–water partition coefficient (Wildman–Crippen LogP) is 0.956. The van der Waals surface area contributed by atoms with Crippen molar-refractivity contribution in [1.82, 2.24) is 5.32 Å². The summed E-state index contributed by atoms with van der Waals surface area (Å²) in [6.07, 6.45) is 1.80. The fourth-order valence-electron chi connectivity index (χ4n) is 3.10. The number of anilines is 1. The van der Waals surface area contributed by atoms with E-state index in [1.165, 1.54) is 16.8 Å². The Morgan fingerprint density at radius 2 is 2.21 bits per heavy atom. The van der Waals surface area contributed by atoms with Crippen LogP contribution in [-0.4, -0.2) is 39.6 Å². The van der Waals surface area contributed by atoms with Gasteiger partial charge in [0.1, 0.15) is 0 Å². The summed E-state index contributed by atoms with van der Waals surface area (Å²) in [6, 6.07) is 6.49. The first-order valence-corrected chi connectivity index (χ1v) is 8.64. The Labute approximate surface area is 114 Å². The number of rotatable bonds is 2. The van der Waals surface area contributed by atoms with Crippen LogP contribution in [-0.2, 0) is 22.8 Å². The number of nitrogens with zero attached hydrogens (tertiary/aromatic N) is 1. The van der Waals surface area contributed by atoms with Crippen LogP contribution in [0.1, 0.15) is 17.5 Å². The monoisotopic (exact) mass is 280 g/mol. The summed E-state index contributed by atoms with van der Waals surface area (Å²) in [5.41, 5.74) is 3.91. The average Bonchev–Trinajstić information content (AvgIpc) is 2.78. The minimum atomic E-state index is -2.83. The Morgan fingerprint density at radius 3 is 2.95 bits per heavy atom. The summed E-state index contributed by atoms with van der Waals surface area (Å²) in [7, 11) is -0.804. The molecule has 0 amide bonds. The molecule has 1 N–H and O–H groups in total. The molecule has 3 rings (SSSR count). The van der Waals surface area contributed by atoms with Gasteiger partial charge < -0.3 is 10.2 Å². The van der Waals surface area contributed by atoms with Crippen LogP contribution in [0.4, 0.5) is 5.69 Å². The molecule has 0 spiro atoms. The van der Waals surface area contributed by atoms with Gasteiger partial charge in [0.05, 0.1) is 11.5 Å². The first-order valence-electron chi connectivity index (χ1n) is 6.81. The molecule has 19 heavy (non-hydrogen) atoms. The molecule has 5 heteroatoms. The van der Waals surface area contributed by atoms with Gasteiger partial charge in [-0.25, -0.2) is 8.42 Å². The third-order valence-electron chi connectivity index (χ3n) is 4.26. The minimum absolute atomic E-state index is 0.124. The van der Waals surface area contributed by atoms with Crippen LogP contribution in [0.5, 0.6) is 0 Å². The topological polar surface area (TPSA) is 49.4 Å². The molecule has 0 aromatic heterocycles. The first-order chi connectivity index (χ1) is 9.07. The van der Waals surface area contributed by atoms with Crippen molar-refractivity contribution in [3.63, 3.8) is 0 Å². The molecule has 0 saturated carbocycles. The number of nitrogens with one attached hydrogen (secondary N) is 1. The quantitative estimate of drug-likeness (QED) is 0.876. The molecule has 104 valence electrons. The van der Waals surface area contributed by atoms with E-state index < -0.39 is 9.84 Å². The number of sulfone groups is 1. The van der Waals surface area contributed by atoms with E-state index in [0.717, 1.165) is 25.9 Å². The van der Waals surface area contributed by atoms with E-state index in [9.17, 15) is 8.42 Å². The van der Waals surface area contributed by atoms with Crippen LogP contribution in [0.3, 0.4) is 0 Å². The van der Waals surface area contributed by atoms with Crippen molar-refractivity contribution < 1.29 is 8.42 Å². The molecule has 0 radical (unpaired) electrons. The average molecular weight is 280 g/mol. The molecule has 1 atom stereocenters. The lowest BCUT2D eigenvalue weighted by Gasteiger charge is -2.30. The van der Waals surface area contributed by atoms with Gasteiger partial charge in [0.2, 0.25) is 0 Å². The molecule has 1 aromatic rings. The highest BCUT2D eigenvalue weighted by Crippen LogP contribution is 2.29. The summed E-state index contributed by atoms with van der Waals surface area (Å²) >= 11 is 0. The fourth-order valence-corrected chi connectivity index (χ4v) is 4.88. The lowest BCUT2D eigenvalue weighted by Crippen LogP contribution is -2.35. The van der Waals surface area contributed by atoms with Gasteiger partial charge in [0.15, 0.2) is 9.84 Å². The van der Waals surface area contributed by atoms with Crippen LogP contribution >= 0.6 is 0 Å². The van der Waals surface area contributed by atoms with Crippen molar-refractivity contribution in [3.8, 4) is 0 Å². The third-order valence-corrected chi connectivity index (χ3v) is 6.01. The van der Waals surface area contributed by atoms with E-state index in [-0.39, 0.29) is 6.04 Å². The Kier molecular flexibility index (Phi) is 3.27. The standard InChI is InChI=1S/C14H20N2O2S/c1-16(12-6-8-19(17,18)10-12)14-4-2-3-11-5-7-15-9-13(11)14/h2-4,12,15H,5-10H2,1H3. The van der Waals surface area contributed by atoms with Crippen molar-refractivity contribution in [2.24, 2.45) is 0 Å². The van der Waals surface area contributed by atoms with Gasteiger partial charge in [0.25, 0.3) is 0 Å². The summed E-state index contributed by atoms with van der Waals surface area (Å²) < 4.78 is 23.3.